The summed E-state index contributed by atoms with van der Waals surface area (Å²) in [7, 11) is 0. The van der Waals surface area contributed by atoms with Crippen LogP contribution in [0, 0.1) is 23.7 Å². The molecule has 0 saturated heterocycles. The van der Waals surface area contributed by atoms with Crippen LogP contribution in [0.15, 0.2) is 6.20 Å². The Kier molecular flexibility index (Phi) is 2.44. The Hall–Kier alpha value is -1.39. The summed E-state index contributed by atoms with van der Waals surface area (Å²) in [6, 6.07) is 0.407. The van der Waals surface area contributed by atoms with E-state index in [9.17, 15) is 4.79 Å². The molecule has 102 valence electrons. The maximum absolute atomic E-state index is 10.9. The van der Waals surface area contributed by atoms with Crippen LogP contribution in [0.5, 0.6) is 0 Å². The third-order valence-electron chi connectivity index (χ3n) is 5.44. The van der Waals surface area contributed by atoms with Gasteiger partial charge in [0.25, 0.3) is 0 Å². The monoisotopic (exact) mass is 261 g/mol. The number of nitrogens with zero attached hydrogens (tertiary/aromatic N) is 3. The Morgan fingerprint density at radius 1 is 1.21 bits per heavy atom. The second-order valence-corrected chi connectivity index (χ2v) is 6.66. The van der Waals surface area contributed by atoms with Gasteiger partial charge in [0.1, 0.15) is 0 Å². The summed E-state index contributed by atoms with van der Waals surface area (Å²) in [5.41, 5.74) is 0.768. The second kappa shape index (κ2) is 4.05. The van der Waals surface area contributed by atoms with Crippen molar-refractivity contribution in [3.8, 4) is 0 Å². The molecule has 0 atom stereocenters. The minimum absolute atomic E-state index is 0.0375. The van der Waals surface area contributed by atoms with E-state index in [1.54, 1.807) is 6.20 Å². The van der Waals surface area contributed by atoms with Crippen molar-refractivity contribution in [2.75, 3.05) is 0 Å². The standard InChI is InChI=1S/C14H19N3O2/c18-13(19)6-12-7-15-16-17(12)14-10-2-8-1-9(4-10)5-11(14)3-8/h7-11,14H,1-6H2,(H,18,19). The lowest BCUT2D eigenvalue weighted by molar-refractivity contribution is -0.136. The Balaban J connectivity index is 1.65. The Bertz CT molecular complexity index is 483. The fourth-order valence-corrected chi connectivity index (χ4v) is 5.09. The average Bonchev–Trinajstić information content (AvgIpc) is 2.75. The highest BCUT2D eigenvalue weighted by Crippen LogP contribution is 2.58. The summed E-state index contributed by atoms with van der Waals surface area (Å²) < 4.78 is 1.95. The van der Waals surface area contributed by atoms with Crippen LogP contribution in [0.1, 0.15) is 43.8 Å². The number of aromatic nitrogens is 3. The number of carbonyl (C=O) groups is 1. The zero-order chi connectivity index (χ0) is 13.0. The molecule has 4 saturated carbocycles. The summed E-state index contributed by atoms with van der Waals surface area (Å²) in [4.78, 5) is 10.9. The normalized spacial score (nSPS) is 39.7. The third-order valence-corrected chi connectivity index (χ3v) is 5.44. The van der Waals surface area contributed by atoms with Gasteiger partial charge in [0, 0.05) is 0 Å². The lowest BCUT2D eigenvalue weighted by atomic mass is 9.54. The molecule has 0 aromatic carbocycles. The highest BCUT2D eigenvalue weighted by atomic mass is 16.4. The molecule has 0 aliphatic heterocycles. The van der Waals surface area contributed by atoms with Crippen molar-refractivity contribution in [3.05, 3.63) is 11.9 Å². The van der Waals surface area contributed by atoms with Crippen molar-refractivity contribution >= 4 is 5.97 Å². The number of carboxylic acids is 1. The average molecular weight is 261 g/mol. The molecule has 0 radical (unpaired) electrons. The van der Waals surface area contributed by atoms with Gasteiger partial charge >= 0.3 is 5.97 Å². The third kappa shape index (κ3) is 1.78. The molecule has 5 nitrogen and oxygen atoms in total. The summed E-state index contributed by atoms with van der Waals surface area (Å²) in [6.07, 6.45) is 8.33. The summed E-state index contributed by atoms with van der Waals surface area (Å²) in [6.45, 7) is 0. The molecular weight excluding hydrogens is 242 g/mol. The van der Waals surface area contributed by atoms with Gasteiger partial charge in [-0.15, -0.1) is 5.10 Å². The first kappa shape index (κ1) is 11.4. The molecule has 1 aromatic heterocycles. The van der Waals surface area contributed by atoms with Crippen LogP contribution in [0.2, 0.25) is 0 Å². The summed E-state index contributed by atoms with van der Waals surface area (Å²) >= 11 is 0. The van der Waals surface area contributed by atoms with Crippen molar-refractivity contribution in [3.63, 3.8) is 0 Å². The maximum Gasteiger partial charge on any atom is 0.309 e. The first-order chi connectivity index (χ1) is 9.20. The first-order valence-electron chi connectivity index (χ1n) is 7.31. The molecule has 5 rings (SSSR count). The second-order valence-electron chi connectivity index (χ2n) is 6.66. The number of hydrogen-bond acceptors (Lipinski definition) is 3. The molecule has 0 amide bonds. The topological polar surface area (TPSA) is 68.0 Å². The maximum atomic E-state index is 10.9. The van der Waals surface area contributed by atoms with E-state index in [-0.39, 0.29) is 6.42 Å². The fraction of sp³-hybridized carbons (Fsp3) is 0.786. The van der Waals surface area contributed by atoms with Crippen LogP contribution in [-0.2, 0) is 11.2 Å². The van der Waals surface area contributed by atoms with E-state index >= 15 is 0 Å². The van der Waals surface area contributed by atoms with Crippen LogP contribution in [0.3, 0.4) is 0 Å². The molecule has 4 bridgehead atoms. The van der Waals surface area contributed by atoms with Gasteiger partial charge in [-0.2, -0.15) is 0 Å². The molecule has 4 aliphatic rings. The van der Waals surface area contributed by atoms with Gasteiger partial charge in [0.15, 0.2) is 0 Å². The van der Waals surface area contributed by atoms with Gasteiger partial charge in [-0.3, -0.25) is 4.79 Å². The van der Waals surface area contributed by atoms with E-state index in [0.717, 1.165) is 17.5 Å². The van der Waals surface area contributed by atoms with Gasteiger partial charge in [-0.1, -0.05) is 5.21 Å². The fourth-order valence-electron chi connectivity index (χ4n) is 5.09. The van der Waals surface area contributed by atoms with Crippen molar-refractivity contribution in [1.29, 1.82) is 0 Å². The highest BCUT2D eigenvalue weighted by molar-refractivity contribution is 5.69. The Labute approximate surface area is 112 Å². The van der Waals surface area contributed by atoms with E-state index in [2.05, 4.69) is 10.3 Å². The van der Waals surface area contributed by atoms with Crippen molar-refractivity contribution in [2.45, 2.75) is 44.6 Å². The lowest BCUT2D eigenvalue weighted by Crippen LogP contribution is -2.46. The molecule has 1 N–H and O–H groups in total. The molecular formula is C14H19N3O2. The van der Waals surface area contributed by atoms with Crippen molar-refractivity contribution in [1.82, 2.24) is 15.0 Å². The van der Waals surface area contributed by atoms with Crippen LogP contribution >= 0.6 is 0 Å². The number of carboxylic acid groups (broad SMARTS) is 1. The first-order valence-corrected chi connectivity index (χ1v) is 7.31. The van der Waals surface area contributed by atoms with Gasteiger partial charge in [-0.05, 0) is 55.8 Å². The molecule has 19 heavy (non-hydrogen) atoms. The van der Waals surface area contributed by atoms with E-state index in [1.165, 1.54) is 32.1 Å². The number of aliphatic carboxylic acids is 1. The van der Waals surface area contributed by atoms with Gasteiger partial charge in [0.05, 0.1) is 24.4 Å². The number of rotatable bonds is 3. The number of hydrogen-bond donors (Lipinski definition) is 1. The molecule has 0 unspecified atom stereocenters. The largest absolute Gasteiger partial charge is 0.481 e. The lowest BCUT2D eigenvalue weighted by Gasteiger charge is -2.54. The van der Waals surface area contributed by atoms with E-state index in [1.807, 2.05) is 4.68 Å². The zero-order valence-corrected chi connectivity index (χ0v) is 10.9. The molecule has 5 heteroatoms. The summed E-state index contributed by atoms with van der Waals surface area (Å²) in [5.74, 6) is 2.44. The van der Waals surface area contributed by atoms with Crippen molar-refractivity contribution in [2.24, 2.45) is 23.7 Å². The SMILES string of the molecule is O=C(O)Cc1cnnn1C1C2CC3CC(C2)CC1C3. The minimum atomic E-state index is -0.799. The van der Waals surface area contributed by atoms with Gasteiger partial charge in [-0.25, -0.2) is 4.68 Å². The zero-order valence-electron chi connectivity index (χ0n) is 10.9. The highest BCUT2D eigenvalue weighted by Gasteiger charge is 2.49. The molecule has 0 spiro atoms. The van der Waals surface area contributed by atoms with E-state index in [4.69, 9.17) is 5.11 Å². The quantitative estimate of drug-likeness (QED) is 0.902. The van der Waals surface area contributed by atoms with E-state index in [0.29, 0.717) is 17.9 Å². The minimum Gasteiger partial charge on any atom is -0.481 e. The summed E-state index contributed by atoms with van der Waals surface area (Å²) in [5, 5.41) is 17.2. The smallest absolute Gasteiger partial charge is 0.309 e. The Morgan fingerprint density at radius 2 is 1.84 bits per heavy atom. The van der Waals surface area contributed by atoms with Crippen LogP contribution in [0.4, 0.5) is 0 Å². The van der Waals surface area contributed by atoms with Crippen molar-refractivity contribution < 1.29 is 9.90 Å². The predicted molar refractivity (Wildman–Crippen MR) is 67.4 cm³/mol. The molecule has 4 fully saturated rings. The predicted octanol–water partition coefficient (Wildman–Crippen LogP) is 1.90. The van der Waals surface area contributed by atoms with Gasteiger partial charge in [0.2, 0.25) is 0 Å². The van der Waals surface area contributed by atoms with E-state index < -0.39 is 5.97 Å². The molecule has 1 aromatic rings. The molecule has 1 heterocycles. The molecule has 4 aliphatic carbocycles. The van der Waals surface area contributed by atoms with Crippen LogP contribution in [0.25, 0.3) is 0 Å². The van der Waals surface area contributed by atoms with Gasteiger partial charge < -0.3 is 5.11 Å². The van der Waals surface area contributed by atoms with Crippen LogP contribution in [-0.4, -0.2) is 26.1 Å². The van der Waals surface area contributed by atoms with Crippen LogP contribution < -0.4 is 0 Å². The Morgan fingerprint density at radius 3 is 2.42 bits per heavy atom.